The van der Waals surface area contributed by atoms with Gasteiger partial charge in [-0.15, -0.1) is 0 Å². The SMILES string of the molecule is CCOS(=O)(=O)c1ccccc1.[H-].[Li+]. The van der Waals surface area contributed by atoms with Gasteiger partial charge < -0.3 is 1.43 Å². The molecule has 13 heavy (non-hydrogen) atoms. The van der Waals surface area contributed by atoms with E-state index in [4.69, 9.17) is 0 Å². The summed E-state index contributed by atoms with van der Waals surface area (Å²) in [5.74, 6) is 0. The van der Waals surface area contributed by atoms with Crippen LogP contribution >= 0.6 is 0 Å². The Balaban J connectivity index is 0. The van der Waals surface area contributed by atoms with Crippen molar-refractivity contribution >= 4 is 10.1 Å². The third kappa shape index (κ3) is 3.53. The second-order valence-electron chi connectivity index (χ2n) is 2.17. The van der Waals surface area contributed by atoms with Gasteiger partial charge in [-0.2, -0.15) is 8.42 Å². The van der Waals surface area contributed by atoms with Crippen molar-refractivity contribution in [1.82, 2.24) is 0 Å². The van der Waals surface area contributed by atoms with Crippen LogP contribution in [0.4, 0.5) is 0 Å². The Morgan fingerprint density at radius 1 is 1.31 bits per heavy atom. The van der Waals surface area contributed by atoms with Gasteiger partial charge in [0, 0.05) is 0 Å². The molecule has 68 valence electrons. The normalized spacial score (nSPS) is 10.5. The number of hydrogen-bond donors (Lipinski definition) is 0. The van der Waals surface area contributed by atoms with Crippen LogP contribution in [0.25, 0.3) is 0 Å². The van der Waals surface area contributed by atoms with Crippen LogP contribution in [0.1, 0.15) is 8.35 Å². The fourth-order valence-corrected chi connectivity index (χ4v) is 1.75. The Morgan fingerprint density at radius 2 is 1.85 bits per heavy atom. The van der Waals surface area contributed by atoms with Crippen LogP contribution < -0.4 is 18.9 Å². The molecule has 1 rings (SSSR count). The van der Waals surface area contributed by atoms with Crippen molar-refractivity contribution in [3.05, 3.63) is 30.3 Å². The maximum Gasteiger partial charge on any atom is 1.00 e. The van der Waals surface area contributed by atoms with Gasteiger partial charge in [0.05, 0.1) is 11.5 Å². The van der Waals surface area contributed by atoms with Crippen molar-refractivity contribution in [1.29, 1.82) is 0 Å². The van der Waals surface area contributed by atoms with Crippen LogP contribution in [0.3, 0.4) is 0 Å². The maximum atomic E-state index is 11.2. The molecular weight excluding hydrogens is 183 g/mol. The average molecular weight is 194 g/mol. The smallest absolute Gasteiger partial charge is 1.00 e. The molecule has 0 saturated carbocycles. The summed E-state index contributed by atoms with van der Waals surface area (Å²) in [4.78, 5) is 0.201. The first-order chi connectivity index (χ1) is 5.67. The summed E-state index contributed by atoms with van der Waals surface area (Å²) in [5.41, 5.74) is 0. The van der Waals surface area contributed by atoms with Gasteiger partial charge in [0.25, 0.3) is 10.1 Å². The van der Waals surface area contributed by atoms with Crippen molar-refractivity contribution in [2.24, 2.45) is 0 Å². The second kappa shape index (κ2) is 5.46. The van der Waals surface area contributed by atoms with E-state index in [9.17, 15) is 8.42 Å². The average Bonchev–Trinajstić information content (AvgIpc) is 2.06. The van der Waals surface area contributed by atoms with Gasteiger partial charge >= 0.3 is 18.9 Å². The van der Waals surface area contributed by atoms with Gasteiger partial charge in [-0.3, -0.25) is 4.18 Å². The summed E-state index contributed by atoms with van der Waals surface area (Å²) >= 11 is 0. The van der Waals surface area contributed by atoms with Crippen LogP contribution in [-0.2, 0) is 14.3 Å². The van der Waals surface area contributed by atoms with Gasteiger partial charge in [0.2, 0.25) is 0 Å². The van der Waals surface area contributed by atoms with Gasteiger partial charge in [0.1, 0.15) is 0 Å². The summed E-state index contributed by atoms with van der Waals surface area (Å²) in [5, 5.41) is 0. The fraction of sp³-hybridized carbons (Fsp3) is 0.250. The monoisotopic (exact) mass is 194 g/mol. The van der Waals surface area contributed by atoms with Crippen molar-refractivity contribution in [2.75, 3.05) is 6.61 Å². The Morgan fingerprint density at radius 3 is 2.31 bits per heavy atom. The molecule has 0 atom stereocenters. The topological polar surface area (TPSA) is 43.4 Å². The van der Waals surface area contributed by atoms with E-state index in [0.717, 1.165) is 0 Å². The summed E-state index contributed by atoms with van der Waals surface area (Å²) in [6.07, 6.45) is 0. The summed E-state index contributed by atoms with van der Waals surface area (Å²) in [6.45, 7) is 1.80. The molecule has 0 aliphatic heterocycles. The molecule has 0 radical (unpaired) electrons. The Hall–Kier alpha value is -0.273. The molecule has 0 aliphatic carbocycles. The zero-order valence-corrected chi connectivity index (χ0v) is 8.54. The van der Waals surface area contributed by atoms with E-state index >= 15 is 0 Å². The quantitative estimate of drug-likeness (QED) is 0.436. The Kier molecular flexibility index (Phi) is 5.34. The van der Waals surface area contributed by atoms with E-state index in [1.54, 1.807) is 25.1 Å². The summed E-state index contributed by atoms with van der Waals surface area (Å²) in [6, 6.07) is 8.08. The van der Waals surface area contributed by atoms with E-state index in [2.05, 4.69) is 4.18 Å². The molecule has 0 unspecified atom stereocenters. The minimum absolute atomic E-state index is 0. The van der Waals surface area contributed by atoms with Gasteiger partial charge in [-0.05, 0) is 19.1 Å². The molecule has 0 spiro atoms. The second-order valence-corrected chi connectivity index (χ2v) is 3.79. The third-order valence-corrected chi connectivity index (χ3v) is 2.70. The summed E-state index contributed by atoms with van der Waals surface area (Å²) < 4.78 is 27.0. The first kappa shape index (κ1) is 12.7. The first-order valence-corrected chi connectivity index (χ1v) is 5.02. The first-order valence-electron chi connectivity index (χ1n) is 3.61. The molecule has 0 aliphatic rings. The van der Waals surface area contributed by atoms with Crippen LogP contribution in [0, 0.1) is 0 Å². The Labute approximate surface area is 91.9 Å². The minimum Gasteiger partial charge on any atom is -1.00 e. The van der Waals surface area contributed by atoms with E-state index in [1.165, 1.54) is 12.1 Å². The van der Waals surface area contributed by atoms with Gasteiger partial charge in [-0.25, -0.2) is 0 Å². The minimum atomic E-state index is -3.51. The van der Waals surface area contributed by atoms with Crippen molar-refractivity contribution in [3.8, 4) is 0 Å². The van der Waals surface area contributed by atoms with Gasteiger partial charge in [-0.1, -0.05) is 18.2 Å². The predicted octanol–water partition coefficient (Wildman–Crippen LogP) is -1.47. The molecule has 0 heterocycles. The standard InChI is InChI=1S/C8H10O3S.Li.H/c1-2-11-12(9,10)8-6-4-3-5-7-8;;/h3-7H,2H2,1H3;;/q;+1;-1. The van der Waals surface area contributed by atoms with Crippen LogP contribution in [0.5, 0.6) is 0 Å². The van der Waals surface area contributed by atoms with E-state index in [0.29, 0.717) is 0 Å². The van der Waals surface area contributed by atoms with E-state index in [1.807, 2.05) is 0 Å². The van der Waals surface area contributed by atoms with Crippen molar-refractivity contribution in [2.45, 2.75) is 11.8 Å². The number of hydrogen-bond acceptors (Lipinski definition) is 3. The van der Waals surface area contributed by atoms with Gasteiger partial charge in [0.15, 0.2) is 0 Å². The molecule has 1 aromatic carbocycles. The van der Waals surface area contributed by atoms with Crippen LogP contribution in [0.2, 0.25) is 0 Å². The Bertz CT molecular complexity index is 339. The molecule has 0 N–H and O–H groups in total. The molecule has 0 fully saturated rings. The van der Waals surface area contributed by atoms with Crippen LogP contribution in [0.15, 0.2) is 35.2 Å². The molecule has 1 aromatic rings. The third-order valence-electron chi connectivity index (χ3n) is 1.30. The molecule has 3 nitrogen and oxygen atoms in total. The number of rotatable bonds is 3. The molecule has 0 bridgehead atoms. The fourth-order valence-electron chi connectivity index (χ4n) is 0.810. The molecule has 0 aromatic heterocycles. The molecular formula is C8H11LiO3S. The number of benzene rings is 1. The molecule has 0 amide bonds. The largest absolute Gasteiger partial charge is 1.00 e. The summed E-state index contributed by atoms with van der Waals surface area (Å²) in [7, 11) is -3.51. The maximum absolute atomic E-state index is 11.2. The molecule has 5 heteroatoms. The zero-order valence-electron chi connectivity index (χ0n) is 8.73. The van der Waals surface area contributed by atoms with Crippen molar-refractivity contribution in [3.63, 3.8) is 0 Å². The predicted molar refractivity (Wildman–Crippen MR) is 46.4 cm³/mol. The van der Waals surface area contributed by atoms with Crippen molar-refractivity contribution < 1.29 is 32.9 Å². The van der Waals surface area contributed by atoms with Crippen LogP contribution in [-0.4, -0.2) is 15.0 Å². The van der Waals surface area contributed by atoms with E-state index < -0.39 is 10.1 Å². The van der Waals surface area contributed by atoms with E-state index in [-0.39, 0.29) is 31.8 Å². The molecule has 0 saturated heterocycles. The zero-order chi connectivity index (χ0) is 9.03.